The standard InChI is InChI=1S/C32H69P.BF4/c1-5-9-13-17-18-19-20-21-22-23-24-28-32-33(29-25-14-10-6-2,30-26-15-11-7-3)31-27-16-12-8-4;2-1(3,4)5/h33H,5-32H2,1-4H3;/q;-1. The fourth-order valence-electron chi connectivity index (χ4n) is 5.87. The van der Waals surface area contributed by atoms with Gasteiger partial charge in [0.15, 0.2) is 0 Å². The van der Waals surface area contributed by atoms with Gasteiger partial charge < -0.3 is 17.3 Å². The van der Waals surface area contributed by atoms with E-state index in [0.717, 1.165) is 0 Å². The second-order valence-electron chi connectivity index (χ2n) is 12.1. The van der Waals surface area contributed by atoms with Crippen molar-refractivity contribution in [2.45, 2.75) is 182 Å². The molecule has 0 N–H and O–H groups in total. The Morgan fingerprint density at radius 1 is 0.316 bits per heavy atom. The van der Waals surface area contributed by atoms with Crippen LogP contribution in [0.25, 0.3) is 0 Å². The van der Waals surface area contributed by atoms with Crippen molar-refractivity contribution in [3.63, 3.8) is 0 Å². The molecule has 0 spiro atoms. The summed E-state index contributed by atoms with van der Waals surface area (Å²) in [4.78, 5) is 0. The normalized spacial score (nSPS) is 12.4. The topological polar surface area (TPSA) is 0 Å². The summed E-state index contributed by atoms with van der Waals surface area (Å²) in [5.41, 5.74) is 0. The Hall–Kier alpha value is 0.215. The van der Waals surface area contributed by atoms with Crippen molar-refractivity contribution in [2.75, 3.05) is 24.6 Å². The summed E-state index contributed by atoms with van der Waals surface area (Å²) in [6.45, 7) is 9.42. The van der Waals surface area contributed by atoms with Gasteiger partial charge in [-0.05, 0) is 0 Å². The molecule has 0 bridgehead atoms. The van der Waals surface area contributed by atoms with Crippen LogP contribution in [0.15, 0.2) is 0 Å². The van der Waals surface area contributed by atoms with E-state index in [-0.39, 0.29) is 0 Å². The van der Waals surface area contributed by atoms with E-state index < -0.39 is 14.5 Å². The average molecular weight is 572 g/mol. The molecule has 0 aromatic heterocycles. The Morgan fingerprint density at radius 2 is 0.474 bits per heavy atom. The second-order valence-corrected chi connectivity index (χ2v) is 17.1. The summed E-state index contributed by atoms with van der Waals surface area (Å²) in [6, 6.07) is 0. The molecule has 0 aromatic carbocycles. The predicted molar refractivity (Wildman–Crippen MR) is 171 cm³/mol. The summed E-state index contributed by atoms with van der Waals surface area (Å²) in [7, 11) is -7.04. The maximum absolute atomic E-state index is 9.75. The first-order valence-corrected chi connectivity index (χ1v) is 19.9. The summed E-state index contributed by atoms with van der Waals surface area (Å²) >= 11 is 0. The van der Waals surface area contributed by atoms with E-state index in [1.807, 2.05) is 0 Å². The zero-order chi connectivity index (χ0) is 28.8. The van der Waals surface area contributed by atoms with E-state index in [9.17, 15) is 17.3 Å². The van der Waals surface area contributed by atoms with Gasteiger partial charge in [-0.1, -0.05) is 13.3 Å². The quantitative estimate of drug-likeness (QED) is 0.0379. The molecule has 0 fully saturated rings. The Labute approximate surface area is 238 Å². The number of hydrogen-bond acceptors (Lipinski definition) is 0. The van der Waals surface area contributed by atoms with Crippen molar-refractivity contribution in [3.05, 3.63) is 0 Å². The average Bonchev–Trinajstić information content (AvgIpc) is 2.87. The molecule has 0 nitrogen and oxygen atoms in total. The van der Waals surface area contributed by atoms with Crippen LogP contribution in [0.1, 0.15) is 182 Å². The van der Waals surface area contributed by atoms with Gasteiger partial charge in [-0.3, -0.25) is 0 Å². The Morgan fingerprint density at radius 3 is 0.684 bits per heavy atom. The molecule has 0 rings (SSSR count). The van der Waals surface area contributed by atoms with E-state index >= 15 is 0 Å². The Bertz CT molecular complexity index is 408. The summed E-state index contributed by atoms with van der Waals surface area (Å²) in [6.07, 6.45) is 42.3. The molecule has 0 saturated carbocycles. The third-order valence-electron chi connectivity index (χ3n) is 8.24. The largest absolute Gasteiger partial charge is 0.673 e. The molecule has 0 aromatic rings. The van der Waals surface area contributed by atoms with Crippen LogP contribution in [0.4, 0.5) is 17.3 Å². The van der Waals surface area contributed by atoms with Crippen LogP contribution in [0, 0.1) is 0 Å². The number of hydrogen-bond donors (Lipinski definition) is 0. The van der Waals surface area contributed by atoms with Gasteiger partial charge in [-0.15, -0.1) is 0 Å². The third kappa shape index (κ3) is 34.2. The van der Waals surface area contributed by atoms with Crippen LogP contribution in [0.3, 0.4) is 0 Å². The zero-order valence-corrected chi connectivity index (χ0v) is 27.4. The summed E-state index contributed by atoms with van der Waals surface area (Å²) in [5, 5.41) is 0. The predicted octanol–water partition coefficient (Wildman–Crippen LogP) is 13.5. The fraction of sp³-hybridized carbons (Fsp3) is 1.00. The first-order valence-electron chi connectivity index (χ1n) is 17.1. The van der Waals surface area contributed by atoms with Gasteiger partial charge in [0.2, 0.25) is 0 Å². The van der Waals surface area contributed by atoms with Crippen molar-refractivity contribution in [1.82, 2.24) is 0 Å². The number of unbranched alkanes of at least 4 members (excludes halogenated alkanes) is 20. The first kappa shape index (κ1) is 40.4. The molecule has 0 aliphatic carbocycles. The molecule has 0 unspecified atom stereocenters. The Balaban J connectivity index is 0. The van der Waals surface area contributed by atoms with Gasteiger partial charge in [0.1, 0.15) is 0 Å². The summed E-state index contributed by atoms with van der Waals surface area (Å²) < 4.78 is 39.0. The van der Waals surface area contributed by atoms with Crippen molar-refractivity contribution in [2.24, 2.45) is 0 Å². The fourth-order valence-corrected chi connectivity index (χ4v) is 11.4. The van der Waals surface area contributed by atoms with Gasteiger partial charge in [0.05, 0.1) is 0 Å². The van der Waals surface area contributed by atoms with Crippen LogP contribution < -0.4 is 0 Å². The minimum Gasteiger partial charge on any atom is -0.418 e. The number of halogens is 4. The molecule has 0 atom stereocenters. The second kappa shape index (κ2) is 30.2. The minimum absolute atomic E-state index is 1.04. The molecular weight excluding hydrogens is 502 g/mol. The van der Waals surface area contributed by atoms with Crippen LogP contribution >= 0.6 is 7.26 Å². The maximum Gasteiger partial charge on any atom is 0.673 e. The smallest absolute Gasteiger partial charge is 0.418 e. The maximum atomic E-state index is 9.75. The molecular formula is C32H69BF4P-. The molecule has 0 radical (unpaired) electrons. The minimum atomic E-state index is -6.00. The monoisotopic (exact) mass is 572 g/mol. The van der Waals surface area contributed by atoms with E-state index in [1.54, 1.807) is 50.3 Å². The zero-order valence-electron chi connectivity index (χ0n) is 26.4. The van der Waals surface area contributed by atoms with E-state index in [4.69, 9.17) is 0 Å². The molecule has 38 heavy (non-hydrogen) atoms. The third-order valence-corrected chi connectivity index (χ3v) is 13.9. The van der Waals surface area contributed by atoms with Gasteiger partial charge in [0, 0.05) is 0 Å². The van der Waals surface area contributed by atoms with Crippen molar-refractivity contribution in [1.29, 1.82) is 0 Å². The first-order chi connectivity index (χ1) is 18.2. The van der Waals surface area contributed by atoms with E-state index in [2.05, 4.69) is 27.7 Å². The Kier molecular flexibility index (Phi) is 32.0. The molecule has 0 aliphatic heterocycles. The summed E-state index contributed by atoms with van der Waals surface area (Å²) in [5.74, 6) is 0. The van der Waals surface area contributed by atoms with Crippen LogP contribution in [-0.2, 0) is 0 Å². The van der Waals surface area contributed by atoms with Gasteiger partial charge in [-0.25, -0.2) is 0 Å². The van der Waals surface area contributed by atoms with Crippen molar-refractivity contribution >= 4 is 14.5 Å². The number of rotatable bonds is 28. The molecule has 0 aliphatic rings. The molecule has 0 amide bonds. The SMILES string of the molecule is CCCCCCCCCCCCCC[PH](CCCCCC)(CCCCCC)CCCCCC.F[B-](F)(F)F. The van der Waals surface area contributed by atoms with Crippen LogP contribution in [0.2, 0.25) is 0 Å². The molecule has 0 heterocycles. The molecule has 6 heteroatoms. The van der Waals surface area contributed by atoms with Gasteiger partial charge >= 0.3 is 208 Å². The van der Waals surface area contributed by atoms with Crippen molar-refractivity contribution < 1.29 is 17.3 Å². The van der Waals surface area contributed by atoms with Crippen LogP contribution in [-0.4, -0.2) is 31.9 Å². The van der Waals surface area contributed by atoms with Crippen molar-refractivity contribution in [3.8, 4) is 0 Å². The van der Waals surface area contributed by atoms with Gasteiger partial charge in [-0.2, -0.15) is 0 Å². The van der Waals surface area contributed by atoms with Gasteiger partial charge in [0.25, 0.3) is 0 Å². The molecule has 234 valence electrons. The molecule has 0 saturated heterocycles. The van der Waals surface area contributed by atoms with E-state index in [1.165, 1.54) is 128 Å². The van der Waals surface area contributed by atoms with Crippen LogP contribution in [0.5, 0.6) is 0 Å². The van der Waals surface area contributed by atoms with E-state index in [0.29, 0.717) is 0 Å².